The number of ether oxygens (including phenoxy) is 2. The first-order valence-electron chi connectivity index (χ1n) is 9.57. The Morgan fingerprint density at radius 1 is 1.24 bits per heavy atom. The predicted octanol–water partition coefficient (Wildman–Crippen LogP) is 2.20. The Labute approximate surface area is 150 Å². The Hall–Kier alpha value is -1.59. The number of hydrogen-bond donors (Lipinski definition) is 0. The fourth-order valence-corrected chi connectivity index (χ4v) is 3.62. The molecule has 2 aliphatic heterocycles. The van der Waals surface area contributed by atoms with Gasteiger partial charge >= 0.3 is 0 Å². The second-order valence-electron chi connectivity index (χ2n) is 6.89. The lowest BCUT2D eigenvalue weighted by atomic mass is 10.1. The van der Waals surface area contributed by atoms with Crippen molar-refractivity contribution in [2.24, 2.45) is 5.92 Å². The van der Waals surface area contributed by atoms with Gasteiger partial charge in [-0.05, 0) is 30.9 Å². The van der Waals surface area contributed by atoms with Crippen LogP contribution in [0, 0.1) is 5.92 Å². The van der Waals surface area contributed by atoms with Crippen molar-refractivity contribution >= 4 is 5.91 Å². The topological polar surface area (TPSA) is 42.0 Å². The Morgan fingerprint density at radius 2 is 2.12 bits per heavy atom. The lowest BCUT2D eigenvalue weighted by molar-refractivity contribution is -0.135. The molecule has 2 aliphatic rings. The predicted molar refractivity (Wildman–Crippen MR) is 97.9 cm³/mol. The van der Waals surface area contributed by atoms with Crippen LogP contribution in [-0.2, 0) is 16.0 Å². The van der Waals surface area contributed by atoms with Crippen molar-refractivity contribution in [1.29, 1.82) is 0 Å². The highest BCUT2D eigenvalue weighted by atomic mass is 16.5. The molecular formula is C20H30N2O3. The normalized spacial score (nSPS) is 22.0. The van der Waals surface area contributed by atoms with Crippen molar-refractivity contribution in [3.63, 3.8) is 0 Å². The smallest absolute Gasteiger partial charge is 0.228 e. The first kappa shape index (κ1) is 18.2. The Morgan fingerprint density at radius 3 is 2.92 bits per heavy atom. The second-order valence-corrected chi connectivity index (χ2v) is 6.89. The van der Waals surface area contributed by atoms with Crippen LogP contribution < -0.4 is 4.74 Å². The van der Waals surface area contributed by atoms with Crippen LogP contribution in [0.3, 0.4) is 0 Å². The maximum atomic E-state index is 12.5. The fraction of sp³-hybridized carbons (Fsp3) is 0.650. The van der Waals surface area contributed by atoms with Crippen molar-refractivity contribution in [1.82, 2.24) is 9.80 Å². The highest BCUT2D eigenvalue weighted by Crippen LogP contribution is 2.19. The van der Waals surface area contributed by atoms with Gasteiger partial charge in [0.15, 0.2) is 0 Å². The van der Waals surface area contributed by atoms with Gasteiger partial charge in [-0.15, -0.1) is 0 Å². The molecule has 1 unspecified atom stereocenters. The Bertz CT molecular complexity index is 558. The van der Waals surface area contributed by atoms with Crippen LogP contribution >= 0.6 is 0 Å². The van der Waals surface area contributed by atoms with Gasteiger partial charge in [0.1, 0.15) is 12.4 Å². The van der Waals surface area contributed by atoms with Crippen LogP contribution in [0.2, 0.25) is 0 Å². The summed E-state index contributed by atoms with van der Waals surface area (Å²) in [6.45, 7) is 8.73. The van der Waals surface area contributed by atoms with E-state index in [2.05, 4.69) is 24.0 Å². The van der Waals surface area contributed by atoms with E-state index in [9.17, 15) is 4.79 Å². The quantitative estimate of drug-likeness (QED) is 0.792. The minimum absolute atomic E-state index is 0.0837. The molecule has 2 saturated heterocycles. The van der Waals surface area contributed by atoms with E-state index in [1.807, 2.05) is 17.0 Å². The molecule has 2 heterocycles. The maximum absolute atomic E-state index is 12.5. The summed E-state index contributed by atoms with van der Waals surface area (Å²) < 4.78 is 11.3. The molecule has 3 rings (SSSR count). The minimum Gasteiger partial charge on any atom is -0.492 e. The molecule has 0 aromatic heterocycles. The number of hydrogen-bond acceptors (Lipinski definition) is 4. The molecule has 1 aromatic rings. The summed E-state index contributed by atoms with van der Waals surface area (Å²) in [5, 5.41) is 0. The van der Waals surface area contributed by atoms with E-state index in [0.29, 0.717) is 13.2 Å². The molecule has 5 nitrogen and oxygen atoms in total. The third kappa shape index (κ3) is 4.95. The van der Waals surface area contributed by atoms with Crippen LogP contribution in [-0.4, -0.2) is 68.3 Å². The van der Waals surface area contributed by atoms with Gasteiger partial charge in [0.05, 0.1) is 12.5 Å². The number of rotatable bonds is 6. The maximum Gasteiger partial charge on any atom is 0.228 e. The largest absolute Gasteiger partial charge is 0.492 e. The average Bonchev–Trinajstić information content (AvgIpc) is 3.08. The van der Waals surface area contributed by atoms with Gasteiger partial charge < -0.3 is 14.4 Å². The van der Waals surface area contributed by atoms with Crippen LogP contribution in [0.15, 0.2) is 24.3 Å². The van der Waals surface area contributed by atoms with Crippen LogP contribution in [0.25, 0.3) is 0 Å². The molecule has 0 radical (unpaired) electrons. The number of para-hydroxylation sites is 1. The van der Waals surface area contributed by atoms with Crippen molar-refractivity contribution in [2.45, 2.75) is 26.2 Å². The van der Waals surface area contributed by atoms with E-state index in [0.717, 1.165) is 64.3 Å². The average molecular weight is 346 g/mol. The third-order valence-corrected chi connectivity index (χ3v) is 5.20. The molecule has 0 spiro atoms. The van der Waals surface area contributed by atoms with Crippen LogP contribution in [0.4, 0.5) is 0 Å². The molecule has 1 aromatic carbocycles. The molecule has 1 atom stereocenters. The van der Waals surface area contributed by atoms with Crippen molar-refractivity contribution in [2.75, 3.05) is 52.5 Å². The molecule has 2 fully saturated rings. The number of benzene rings is 1. The number of nitrogens with zero attached hydrogens (tertiary/aromatic N) is 2. The fourth-order valence-electron chi connectivity index (χ4n) is 3.62. The highest BCUT2D eigenvalue weighted by molar-refractivity contribution is 5.79. The molecule has 1 amide bonds. The van der Waals surface area contributed by atoms with Gasteiger partial charge in [-0.25, -0.2) is 0 Å². The van der Waals surface area contributed by atoms with Gasteiger partial charge in [0.25, 0.3) is 0 Å². The summed E-state index contributed by atoms with van der Waals surface area (Å²) in [7, 11) is 0. The van der Waals surface area contributed by atoms with E-state index < -0.39 is 0 Å². The molecule has 138 valence electrons. The zero-order valence-electron chi connectivity index (χ0n) is 15.3. The molecule has 25 heavy (non-hydrogen) atoms. The van der Waals surface area contributed by atoms with Crippen molar-refractivity contribution < 1.29 is 14.3 Å². The lowest BCUT2D eigenvalue weighted by Gasteiger charge is -2.24. The van der Waals surface area contributed by atoms with Gasteiger partial charge in [-0.3, -0.25) is 9.69 Å². The van der Waals surface area contributed by atoms with Gasteiger partial charge in [-0.1, -0.05) is 25.1 Å². The highest BCUT2D eigenvalue weighted by Gasteiger charge is 2.29. The van der Waals surface area contributed by atoms with E-state index >= 15 is 0 Å². The molecule has 0 saturated carbocycles. The third-order valence-electron chi connectivity index (χ3n) is 5.20. The van der Waals surface area contributed by atoms with E-state index in [4.69, 9.17) is 9.47 Å². The summed E-state index contributed by atoms with van der Waals surface area (Å²) in [6, 6.07) is 8.25. The number of carbonyl (C=O) groups is 1. The molecule has 0 bridgehead atoms. The van der Waals surface area contributed by atoms with Gasteiger partial charge in [0, 0.05) is 39.3 Å². The summed E-state index contributed by atoms with van der Waals surface area (Å²) in [5.41, 5.74) is 1.26. The lowest BCUT2D eigenvalue weighted by Crippen LogP contribution is -2.39. The van der Waals surface area contributed by atoms with E-state index in [-0.39, 0.29) is 11.8 Å². The summed E-state index contributed by atoms with van der Waals surface area (Å²) in [4.78, 5) is 17.0. The summed E-state index contributed by atoms with van der Waals surface area (Å²) >= 11 is 0. The Balaban J connectivity index is 1.43. The molecule has 0 aliphatic carbocycles. The van der Waals surface area contributed by atoms with Crippen LogP contribution in [0.5, 0.6) is 5.75 Å². The molecule has 5 heteroatoms. The SMILES string of the molecule is CCc1ccccc1OCCN1CCCN(C(=O)C2CCOC2)CC1. The van der Waals surface area contributed by atoms with Crippen molar-refractivity contribution in [3.05, 3.63) is 29.8 Å². The summed E-state index contributed by atoms with van der Waals surface area (Å²) in [5.74, 6) is 1.37. The first-order chi connectivity index (χ1) is 12.3. The van der Waals surface area contributed by atoms with Crippen LogP contribution in [0.1, 0.15) is 25.3 Å². The molecule has 0 N–H and O–H groups in total. The zero-order chi connectivity index (χ0) is 17.5. The Kier molecular flexibility index (Phi) is 6.70. The molecular weight excluding hydrogens is 316 g/mol. The van der Waals surface area contributed by atoms with Crippen molar-refractivity contribution in [3.8, 4) is 5.75 Å². The number of amides is 1. The van der Waals surface area contributed by atoms with Gasteiger partial charge in [-0.2, -0.15) is 0 Å². The first-order valence-corrected chi connectivity index (χ1v) is 9.57. The van der Waals surface area contributed by atoms with E-state index in [1.165, 1.54) is 5.56 Å². The second kappa shape index (κ2) is 9.20. The van der Waals surface area contributed by atoms with E-state index in [1.54, 1.807) is 0 Å². The summed E-state index contributed by atoms with van der Waals surface area (Å²) in [6.07, 6.45) is 2.90. The zero-order valence-corrected chi connectivity index (χ0v) is 15.3. The number of carbonyl (C=O) groups excluding carboxylic acids is 1. The van der Waals surface area contributed by atoms with Gasteiger partial charge in [0.2, 0.25) is 5.91 Å². The monoisotopic (exact) mass is 346 g/mol. The standard InChI is InChI=1S/C20H30N2O3/c1-2-17-6-3-4-7-19(17)25-15-13-21-9-5-10-22(12-11-21)20(23)18-8-14-24-16-18/h3-4,6-7,18H,2,5,8-16H2,1H3. The minimum atomic E-state index is 0.0837. The number of aryl methyl sites for hydroxylation is 1.